The van der Waals surface area contributed by atoms with Gasteiger partial charge in [-0.05, 0) is 50.4 Å². The Hall–Kier alpha value is -1.89. The second kappa shape index (κ2) is 5.34. The van der Waals surface area contributed by atoms with Crippen LogP contribution < -0.4 is 0 Å². The molecule has 0 saturated heterocycles. The lowest BCUT2D eigenvalue weighted by atomic mass is 9.52. The van der Waals surface area contributed by atoms with E-state index in [0.717, 1.165) is 5.57 Å². The van der Waals surface area contributed by atoms with E-state index in [1.165, 1.54) is 6.92 Å². The molecule has 0 radical (unpaired) electrons. The van der Waals surface area contributed by atoms with Crippen LogP contribution in [0.3, 0.4) is 0 Å². The van der Waals surface area contributed by atoms with Crippen LogP contribution >= 0.6 is 0 Å². The first-order valence-corrected chi connectivity index (χ1v) is 9.57. The van der Waals surface area contributed by atoms with Crippen LogP contribution in [0.2, 0.25) is 0 Å². The van der Waals surface area contributed by atoms with E-state index in [0.29, 0.717) is 19.3 Å². The number of carboxylic acid groups (broad SMARTS) is 3. The minimum atomic E-state index is -1.44. The summed E-state index contributed by atoms with van der Waals surface area (Å²) in [4.78, 5) is 37.4. The highest BCUT2D eigenvalue weighted by atomic mass is 16.4. The second-order valence-corrected chi connectivity index (χ2v) is 9.45. The summed E-state index contributed by atoms with van der Waals surface area (Å²) < 4.78 is 0. The molecular formula is C20H26O7. The van der Waals surface area contributed by atoms with Gasteiger partial charge in [-0.1, -0.05) is 18.6 Å². The second-order valence-electron chi connectivity index (χ2n) is 9.45. The Morgan fingerprint density at radius 3 is 2.33 bits per heavy atom. The van der Waals surface area contributed by atoms with Crippen LogP contribution in [0.25, 0.3) is 0 Å². The van der Waals surface area contributed by atoms with Gasteiger partial charge >= 0.3 is 17.9 Å². The minimum absolute atomic E-state index is 0.200. The molecule has 0 aromatic carbocycles. The lowest BCUT2D eigenvalue weighted by Gasteiger charge is -2.49. The van der Waals surface area contributed by atoms with Crippen molar-refractivity contribution >= 4 is 17.9 Å². The van der Waals surface area contributed by atoms with Gasteiger partial charge in [0, 0.05) is 11.8 Å². The van der Waals surface area contributed by atoms with E-state index >= 15 is 0 Å². The fourth-order valence-corrected chi connectivity index (χ4v) is 7.70. The first-order chi connectivity index (χ1) is 12.5. The van der Waals surface area contributed by atoms with Crippen molar-refractivity contribution < 1.29 is 34.8 Å². The van der Waals surface area contributed by atoms with Crippen molar-refractivity contribution in [2.75, 3.05) is 0 Å². The number of aliphatic hydroxyl groups excluding tert-OH is 1. The SMILES string of the molecule is C=C1C[C@]23C[C@H]1[C@@H](O)C[C@H]2[C@]1(C(=O)O)CCC[C@@](C)(C(=O)O)[C@H]1[C@@H]3C(=O)O. The molecule has 7 heteroatoms. The van der Waals surface area contributed by atoms with Crippen LogP contribution in [0.4, 0.5) is 0 Å². The van der Waals surface area contributed by atoms with Gasteiger partial charge in [0.15, 0.2) is 0 Å². The Morgan fingerprint density at radius 2 is 1.78 bits per heavy atom. The maximum absolute atomic E-state index is 12.7. The first kappa shape index (κ1) is 18.5. The molecular weight excluding hydrogens is 352 g/mol. The van der Waals surface area contributed by atoms with Gasteiger partial charge in [-0.25, -0.2) is 0 Å². The molecule has 0 aromatic rings. The van der Waals surface area contributed by atoms with Crippen molar-refractivity contribution in [3.05, 3.63) is 12.2 Å². The Morgan fingerprint density at radius 1 is 1.11 bits per heavy atom. The first-order valence-electron chi connectivity index (χ1n) is 9.57. The van der Waals surface area contributed by atoms with E-state index in [9.17, 15) is 34.8 Å². The largest absolute Gasteiger partial charge is 0.481 e. The van der Waals surface area contributed by atoms with Crippen LogP contribution in [0, 0.1) is 39.9 Å². The molecule has 4 fully saturated rings. The highest BCUT2D eigenvalue weighted by molar-refractivity contribution is 5.86. The van der Waals surface area contributed by atoms with Crippen LogP contribution in [-0.4, -0.2) is 44.4 Å². The highest BCUT2D eigenvalue weighted by Crippen LogP contribution is 2.77. The fourth-order valence-electron chi connectivity index (χ4n) is 7.70. The van der Waals surface area contributed by atoms with Gasteiger partial charge in [0.2, 0.25) is 0 Å². The molecule has 0 aromatic heterocycles. The van der Waals surface area contributed by atoms with E-state index in [2.05, 4.69) is 6.58 Å². The summed E-state index contributed by atoms with van der Waals surface area (Å²) in [7, 11) is 0. The number of hydrogen-bond donors (Lipinski definition) is 4. The van der Waals surface area contributed by atoms with E-state index in [4.69, 9.17) is 0 Å². The molecule has 4 N–H and O–H groups in total. The highest BCUT2D eigenvalue weighted by Gasteiger charge is 2.79. The van der Waals surface area contributed by atoms with Crippen molar-refractivity contribution in [3.63, 3.8) is 0 Å². The maximum atomic E-state index is 12.7. The summed E-state index contributed by atoms with van der Waals surface area (Å²) in [6, 6.07) is 0. The predicted molar refractivity (Wildman–Crippen MR) is 92.7 cm³/mol. The zero-order valence-corrected chi connectivity index (χ0v) is 15.4. The molecule has 148 valence electrons. The smallest absolute Gasteiger partial charge is 0.310 e. The molecule has 27 heavy (non-hydrogen) atoms. The van der Waals surface area contributed by atoms with Crippen LogP contribution in [-0.2, 0) is 14.4 Å². The molecule has 0 amide bonds. The number of rotatable bonds is 3. The van der Waals surface area contributed by atoms with Crippen molar-refractivity contribution in [1.29, 1.82) is 0 Å². The monoisotopic (exact) mass is 378 g/mol. The third-order valence-corrected chi connectivity index (χ3v) is 8.57. The molecule has 2 bridgehead atoms. The average Bonchev–Trinajstić information content (AvgIpc) is 3.00. The third-order valence-electron chi connectivity index (χ3n) is 8.57. The van der Waals surface area contributed by atoms with Crippen LogP contribution in [0.5, 0.6) is 0 Å². The van der Waals surface area contributed by atoms with E-state index < -0.39 is 58.0 Å². The Labute approximate surface area is 157 Å². The van der Waals surface area contributed by atoms with E-state index in [1.807, 2.05) is 0 Å². The van der Waals surface area contributed by atoms with Gasteiger partial charge in [0.25, 0.3) is 0 Å². The third kappa shape index (κ3) is 1.93. The summed E-state index contributed by atoms with van der Waals surface area (Å²) in [6.07, 6.45) is 1.14. The number of fused-ring (bicyclic) bond motifs is 3. The molecule has 4 rings (SSSR count). The molecule has 8 atom stereocenters. The van der Waals surface area contributed by atoms with Gasteiger partial charge in [0.1, 0.15) is 0 Å². The fraction of sp³-hybridized carbons (Fsp3) is 0.750. The summed E-state index contributed by atoms with van der Waals surface area (Å²) in [5.41, 5.74) is -2.93. The van der Waals surface area contributed by atoms with Gasteiger partial charge in [-0.3, -0.25) is 14.4 Å². The number of carbonyl (C=O) groups is 3. The topological polar surface area (TPSA) is 132 Å². The summed E-state index contributed by atoms with van der Waals surface area (Å²) in [5.74, 6) is -6.22. The summed E-state index contributed by atoms with van der Waals surface area (Å²) >= 11 is 0. The molecule has 7 nitrogen and oxygen atoms in total. The molecule has 0 heterocycles. The Balaban J connectivity index is 2.01. The maximum Gasteiger partial charge on any atom is 0.310 e. The number of aliphatic hydroxyl groups is 1. The van der Waals surface area contributed by atoms with Gasteiger partial charge in [-0.2, -0.15) is 0 Å². The van der Waals surface area contributed by atoms with Gasteiger partial charge in [0.05, 0.1) is 22.9 Å². The molecule has 0 aliphatic heterocycles. The van der Waals surface area contributed by atoms with Crippen molar-refractivity contribution in [3.8, 4) is 0 Å². The number of aliphatic carboxylic acids is 3. The molecule has 4 saturated carbocycles. The Bertz CT molecular complexity index is 759. The molecule has 4 aliphatic carbocycles. The predicted octanol–water partition coefficient (Wildman–Crippen LogP) is 2.00. The molecule has 4 aliphatic rings. The zero-order chi connectivity index (χ0) is 19.9. The van der Waals surface area contributed by atoms with Crippen molar-refractivity contribution in [1.82, 2.24) is 0 Å². The van der Waals surface area contributed by atoms with Crippen molar-refractivity contribution in [2.45, 2.75) is 51.6 Å². The lowest BCUT2D eigenvalue weighted by molar-refractivity contribution is -0.177. The van der Waals surface area contributed by atoms with Gasteiger partial charge < -0.3 is 20.4 Å². The standard InChI is InChI=1S/C20H26O7/c1-9-7-19-8-10(9)11(21)6-12(19)20(17(26)27)5-3-4-18(2,16(24)25)14(20)13(19)15(22)23/h10-14,21H,1,3-8H2,2H3,(H,22,23)(H,24,25)(H,26,27)/t10-,11+,12-,13-,14-,18-,19+,20-/m1/s1. The van der Waals surface area contributed by atoms with E-state index in [-0.39, 0.29) is 25.2 Å². The lowest BCUT2D eigenvalue weighted by Crippen LogP contribution is -2.55. The van der Waals surface area contributed by atoms with Crippen molar-refractivity contribution in [2.24, 2.45) is 39.9 Å². The molecule has 0 unspecified atom stereocenters. The average molecular weight is 378 g/mol. The number of hydrogen-bond acceptors (Lipinski definition) is 4. The minimum Gasteiger partial charge on any atom is -0.481 e. The zero-order valence-electron chi connectivity index (χ0n) is 15.4. The van der Waals surface area contributed by atoms with Crippen LogP contribution in [0.15, 0.2) is 12.2 Å². The van der Waals surface area contributed by atoms with E-state index in [1.54, 1.807) is 0 Å². The van der Waals surface area contributed by atoms with Crippen LogP contribution in [0.1, 0.15) is 45.4 Å². The van der Waals surface area contributed by atoms with Gasteiger partial charge in [-0.15, -0.1) is 0 Å². The summed E-state index contributed by atoms with van der Waals surface area (Å²) in [6.45, 7) is 5.55. The normalized spacial score (nSPS) is 50.7. The number of carboxylic acids is 3. The summed E-state index contributed by atoms with van der Waals surface area (Å²) in [5, 5.41) is 41.2. The molecule has 1 spiro atoms. The Kier molecular flexibility index (Phi) is 3.65. The quantitative estimate of drug-likeness (QED) is 0.552.